The first-order valence-electron chi connectivity index (χ1n) is 9.73. The van der Waals surface area contributed by atoms with Crippen LogP contribution in [-0.4, -0.2) is 40.7 Å². The molecule has 0 spiro atoms. The van der Waals surface area contributed by atoms with E-state index in [1.807, 2.05) is 27.0 Å². The van der Waals surface area contributed by atoms with Crippen molar-refractivity contribution in [2.24, 2.45) is 0 Å². The molecule has 0 amide bonds. The summed E-state index contributed by atoms with van der Waals surface area (Å²) >= 11 is 0. The fraction of sp³-hybridized carbons (Fsp3) is 0.273. The highest BCUT2D eigenvalue weighted by Crippen LogP contribution is 2.36. The van der Waals surface area contributed by atoms with Crippen molar-refractivity contribution in [2.75, 3.05) is 18.9 Å². The molecule has 29 heavy (non-hydrogen) atoms. The average Bonchev–Trinajstić information content (AvgIpc) is 3.07. The zero-order valence-corrected chi connectivity index (χ0v) is 16.8. The third-order valence-electron chi connectivity index (χ3n) is 4.74. The van der Waals surface area contributed by atoms with Gasteiger partial charge in [-0.3, -0.25) is 0 Å². The van der Waals surface area contributed by atoms with E-state index >= 15 is 0 Å². The van der Waals surface area contributed by atoms with Crippen LogP contribution in [0.1, 0.15) is 25.1 Å². The number of fused-ring (bicyclic) bond motifs is 1. The van der Waals surface area contributed by atoms with Crippen molar-refractivity contribution in [3.05, 3.63) is 77.5 Å². The van der Waals surface area contributed by atoms with Crippen LogP contribution >= 0.6 is 0 Å². The van der Waals surface area contributed by atoms with Gasteiger partial charge in [-0.15, -0.1) is 0 Å². The van der Waals surface area contributed by atoms with Gasteiger partial charge in [0.2, 0.25) is 5.95 Å². The Morgan fingerprint density at radius 1 is 1.21 bits per heavy atom. The molecule has 4 rings (SSSR count). The summed E-state index contributed by atoms with van der Waals surface area (Å²) in [6.45, 7) is 4.89. The van der Waals surface area contributed by atoms with Crippen LogP contribution in [0.5, 0.6) is 0 Å². The number of nitrogens with one attached hydrogen (secondary N) is 3. The van der Waals surface area contributed by atoms with E-state index in [9.17, 15) is 4.39 Å². The van der Waals surface area contributed by atoms with Crippen molar-refractivity contribution >= 4 is 17.3 Å². The lowest BCUT2D eigenvalue weighted by Gasteiger charge is -2.27. The molecular formula is C22H25FN6. The van der Waals surface area contributed by atoms with E-state index in [1.54, 1.807) is 18.3 Å². The van der Waals surface area contributed by atoms with Gasteiger partial charge in [-0.05, 0) is 69.0 Å². The lowest BCUT2D eigenvalue weighted by atomic mass is 10.1. The zero-order valence-electron chi connectivity index (χ0n) is 16.8. The van der Waals surface area contributed by atoms with Gasteiger partial charge in [0.25, 0.3) is 0 Å². The number of nitrogens with zero attached hydrogens (tertiary/aromatic N) is 3. The Morgan fingerprint density at radius 2 is 2.00 bits per heavy atom. The van der Waals surface area contributed by atoms with Gasteiger partial charge in [0.15, 0.2) is 0 Å². The maximum absolute atomic E-state index is 13.5. The van der Waals surface area contributed by atoms with Gasteiger partial charge in [0, 0.05) is 30.5 Å². The Bertz CT molecular complexity index is 977. The topological polar surface area (TPSA) is 65.1 Å². The van der Waals surface area contributed by atoms with Crippen LogP contribution in [0, 0.1) is 5.82 Å². The van der Waals surface area contributed by atoms with Crippen molar-refractivity contribution in [2.45, 2.75) is 26.1 Å². The molecule has 3 N–H and O–H groups in total. The number of anilines is 1. The number of hydrogen-bond donors (Lipinski definition) is 3. The smallest absolute Gasteiger partial charge is 0.223 e. The molecule has 7 heteroatoms. The summed E-state index contributed by atoms with van der Waals surface area (Å²) in [5, 5.41) is 10.0. The first-order valence-corrected chi connectivity index (χ1v) is 9.73. The van der Waals surface area contributed by atoms with Crippen molar-refractivity contribution in [1.29, 1.82) is 0 Å². The van der Waals surface area contributed by atoms with E-state index in [4.69, 9.17) is 4.98 Å². The van der Waals surface area contributed by atoms with Crippen molar-refractivity contribution < 1.29 is 4.39 Å². The predicted molar refractivity (Wildman–Crippen MR) is 114 cm³/mol. The number of rotatable bonds is 6. The minimum Gasteiger partial charge on any atom is -0.359 e. The standard InChI is InChI=1S/C22H25FN6/c1-14(2)26-22-25-10-8-18(27-22)21-20(16-4-6-17(23)7-5-16)28-19-12-15(13-24-3)9-11-29(19)21/h4-12,14,19,24,28H,13H2,1-3H3,(H,25,26,27). The fourth-order valence-electron chi connectivity index (χ4n) is 3.51. The molecule has 2 aliphatic heterocycles. The molecular weight excluding hydrogens is 367 g/mol. The summed E-state index contributed by atoms with van der Waals surface area (Å²) in [5.74, 6) is 0.326. The summed E-state index contributed by atoms with van der Waals surface area (Å²) in [5.41, 5.74) is 4.76. The SMILES string of the molecule is CNCC1=CC2NC(c3ccc(F)cc3)=C(c3ccnc(NC(C)C)n3)N2C=C1. The number of likely N-dealkylation sites (N-methyl/N-ethyl adjacent to an activating group) is 1. The molecule has 1 aromatic carbocycles. The summed E-state index contributed by atoms with van der Waals surface area (Å²) in [6.07, 6.45) is 8.06. The number of halogens is 1. The van der Waals surface area contributed by atoms with E-state index in [-0.39, 0.29) is 18.0 Å². The molecule has 6 nitrogen and oxygen atoms in total. The molecule has 0 aliphatic carbocycles. The molecule has 0 fully saturated rings. The van der Waals surface area contributed by atoms with Gasteiger partial charge in [-0.25, -0.2) is 14.4 Å². The Morgan fingerprint density at radius 3 is 2.72 bits per heavy atom. The van der Waals surface area contributed by atoms with Crippen LogP contribution in [0.4, 0.5) is 10.3 Å². The first-order chi connectivity index (χ1) is 14.0. The van der Waals surface area contributed by atoms with Gasteiger partial charge in [0.1, 0.15) is 12.0 Å². The zero-order chi connectivity index (χ0) is 20.4. The number of benzene rings is 1. The van der Waals surface area contributed by atoms with E-state index in [0.29, 0.717) is 5.95 Å². The number of hydrogen-bond acceptors (Lipinski definition) is 6. The summed E-state index contributed by atoms with van der Waals surface area (Å²) < 4.78 is 13.5. The highest BCUT2D eigenvalue weighted by molar-refractivity contribution is 5.91. The van der Waals surface area contributed by atoms with Crippen molar-refractivity contribution in [3.63, 3.8) is 0 Å². The average molecular weight is 392 g/mol. The van der Waals surface area contributed by atoms with Crippen LogP contribution in [0.15, 0.2) is 60.5 Å². The molecule has 1 atom stereocenters. The summed E-state index contributed by atoms with van der Waals surface area (Å²) in [6, 6.07) is 8.65. The minimum atomic E-state index is -0.256. The molecule has 150 valence electrons. The van der Waals surface area contributed by atoms with Crippen LogP contribution in [0.2, 0.25) is 0 Å². The van der Waals surface area contributed by atoms with Crippen LogP contribution in [0.25, 0.3) is 11.4 Å². The fourth-order valence-corrected chi connectivity index (χ4v) is 3.51. The Kier molecular flexibility index (Phi) is 5.31. The van der Waals surface area contributed by atoms with E-state index in [1.165, 1.54) is 17.7 Å². The quantitative estimate of drug-likeness (QED) is 0.702. The second kappa shape index (κ2) is 8.05. The van der Waals surface area contributed by atoms with Crippen LogP contribution < -0.4 is 16.0 Å². The molecule has 2 aromatic rings. The Labute approximate surface area is 170 Å². The maximum Gasteiger partial charge on any atom is 0.223 e. The van der Waals surface area contributed by atoms with E-state index in [0.717, 1.165) is 29.2 Å². The van der Waals surface area contributed by atoms with Gasteiger partial charge < -0.3 is 20.9 Å². The molecule has 0 saturated heterocycles. The second-order valence-corrected chi connectivity index (χ2v) is 7.38. The summed E-state index contributed by atoms with van der Waals surface area (Å²) in [7, 11) is 1.93. The van der Waals surface area contributed by atoms with Crippen molar-refractivity contribution in [1.82, 2.24) is 25.5 Å². The van der Waals surface area contributed by atoms with Gasteiger partial charge in [0.05, 0.1) is 17.1 Å². The highest BCUT2D eigenvalue weighted by atomic mass is 19.1. The minimum absolute atomic E-state index is 0.0325. The molecule has 2 aliphatic rings. The van der Waals surface area contributed by atoms with Gasteiger partial charge in [-0.2, -0.15) is 0 Å². The number of aromatic nitrogens is 2. The van der Waals surface area contributed by atoms with Crippen molar-refractivity contribution in [3.8, 4) is 0 Å². The largest absolute Gasteiger partial charge is 0.359 e. The molecule has 3 heterocycles. The summed E-state index contributed by atoms with van der Waals surface area (Å²) in [4.78, 5) is 11.2. The third kappa shape index (κ3) is 4.00. The van der Waals surface area contributed by atoms with Crippen LogP contribution in [-0.2, 0) is 0 Å². The Balaban J connectivity index is 1.78. The highest BCUT2D eigenvalue weighted by Gasteiger charge is 2.33. The normalized spacial score (nSPS) is 18.0. The monoisotopic (exact) mass is 392 g/mol. The molecule has 1 unspecified atom stereocenters. The maximum atomic E-state index is 13.5. The molecule has 1 aromatic heterocycles. The molecule has 0 radical (unpaired) electrons. The Hall–Kier alpha value is -3.19. The lowest BCUT2D eigenvalue weighted by molar-refractivity contribution is 0.438. The first kappa shape index (κ1) is 19.1. The third-order valence-corrected chi connectivity index (χ3v) is 4.74. The van der Waals surface area contributed by atoms with E-state index < -0.39 is 0 Å². The van der Waals surface area contributed by atoms with Gasteiger partial charge >= 0.3 is 0 Å². The van der Waals surface area contributed by atoms with Crippen LogP contribution in [0.3, 0.4) is 0 Å². The lowest BCUT2D eigenvalue weighted by Crippen LogP contribution is -2.34. The molecule has 0 saturated carbocycles. The van der Waals surface area contributed by atoms with E-state index in [2.05, 4.69) is 44.2 Å². The predicted octanol–water partition coefficient (Wildman–Crippen LogP) is 3.17. The molecule has 0 bridgehead atoms. The second-order valence-electron chi connectivity index (χ2n) is 7.38. The van der Waals surface area contributed by atoms with Gasteiger partial charge in [-0.1, -0.05) is 0 Å².